The molecule has 22 heavy (non-hydrogen) atoms. The predicted octanol–water partition coefficient (Wildman–Crippen LogP) is 2.77. The molecule has 0 saturated heterocycles. The third kappa shape index (κ3) is 2.65. The number of ether oxygens (including phenoxy) is 1. The van der Waals surface area contributed by atoms with E-state index in [4.69, 9.17) is 5.53 Å². The van der Waals surface area contributed by atoms with E-state index in [1.165, 1.54) is 7.11 Å². The molecule has 1 atom stereocenters. The Morgan fingerprint density at radius 2 is 1.59 bits per heavy atom. The molecule has 0 aromatic heterocycles. The van der Waals surface area contributed by atoms with Gasteiger partial charge in [-0.1, -0.05) is 65.8 Å². The van der Waals surface area contributed by atoms with Crippen molar-refractivity contribution in [2.45, 2.75) is 11.6 Å². The van der Waals surface area contributed by atoms with E-state index in [1.807, 2.05) is 0 Å². The van der Waals surface area contributed by atoms with Gasteiger partial charge in [-0.2, -0.15) is 0 Å². The Morgan fingerprint density at radius 3 is 1.95 bits per heavy atom. The van der Waals surface area contributed by atoms with E-state index in [1.54, 1.807) is 60.7 Å². The van der Waals surface area contributed by atoms with Crippen LogP contribution >= 0.6 is 0 Å². The van der Waals surface area contributed by atoms with E-state index in [0.717, 1.165) is 0 Å². The number of benzene rings is 2. The molecule has 0 aliphatic carbocycles. The van der Waals surface area contributed by atoms with Crippen molar-refractivity contribution in [3.63, 3.8) is 0 Å². The number of carbonyl (C=O) groups is 1. The normalized spacial score (nSPS) is 12.1. The summed E-state index contributed by atoms with van der Waals surface area (Å²) in [6, 6.07) is 17.3. The number of hydrogen-bond donors (Lipinski definition) is 1. The molecule has 6 nitrogen and oxygen atoms in total. The van der Waals surface area contributed by atoms with E-state index in [9.17, 15) is 9.90 Å². The van der Waals surface area contributed by atoms with Gasteiger partial charge in [-0.15, -0.1) is 0 Å². The maximum absolute atomic E-state index is 11.9. The summed E-state index contributed by atoms with van der Waals surface area (Å²) < 4.78 is 4.64. The smallest absolute Gasteiger partial charge is 0.336 e. The van der Waals surface area contributed by atoms with Crippen LogP contribution in [0.3, 0.4) is 0 Å². The molecule has 0 heterocycles. The van der Waals surface area contributed by atoms with E-state index in [2.05, 4.69) is 14.8 Å². The highest BCUT2D eigenvalue weighted by molar-refractivity contribution is 5.78. The lowest BCUT2D eigenvalue weighted by atomic mass is 9.79. The molecule has 0 spiro atoms. The molecule has 2 rings (SSSR count). The fourth-order valence-electron chi connectivity index (χ4n) is 2.39. The minimum absolute atomic E-state index is 0.497. The molecular formula is C16H15N3O3. The molecule has 1 N–H and O–H groups in total. The molecule has 1 unspecified atom stereocenters. The van der Waals surface area contributed by atoms with Crippen molar-refractivity contribution in [1.82, 2.24) is 0 Å². The molecule has 6 heteroatoms. The lowest BCUT2D eigenvalue weighted by Gasteiger charge is -2.33. The van der Waals surface area contributed by atoms with Crippen molar-refractivity contribution in [2.75, 3.05) is 7.11 Å². The standard InChI is InChI=1S/C16H15N3O3/c1-22-15(21)14(20)16(18-19-17,12-8-4-2-5-9-12)13-10-6-3-7-11-13/h2-11,14,20H,1H3. The first kappa shape index (κ1) is 15.6. The first-order valence-corrected chi connectivity index (χ1v) is 6.60. The van der Waals surface area contributed by atoms with Crippen molar-refractivity contribution < 1.29 is 14.6 Å². The second kappa shape index (κ2) is 6.76. The summed E-state index contributed by atoms with van der Waals surface area (Å²) >= 11 is 0. The Kier molecular flexibility index (Phi) is 4.78. The summed E-state index contributed by atoms with van der Waals surface area (Å²) in [7, 11) is 1.17. The maximum Gasteiger partial charge on any atom is 0.336 e. The van der Waals surface area contributed by atoms with Gasteiger partial charge in [0.15, 0.2) is 6.10 Å². The van der Waals surface area contributed by atoms with Crippen LogP contribution in [-0.2, 0) is 15.1 Å². The molecule has 0 radical (unpaired) electrons. The number of rotatable bonds is 5. The molecular weight excluding hydrogens is 282 g/mol. The first-order valence-electron chi connectivity index (χ1n) is 6.60. The number of methoxy groups -OCH3 is 1. The van der Waals surface area contributed by atoms with Crippen LogP contribution in [0.15, 0.2) is 65.8 Å². The molecule has 0 amide bonds. The Hall–Kier alpha value is -2.82. The van der Waals surface area contributed by atoms with E-state index >= 15 is 0 Å². The Morgan fingerprint density at radius 1 is 1.14 bits per heavy atom. The third-order valence-corrected chi connectivity index (χ3v) is 3.45. The highest BCUT2D eigenvalue weighted by atomic mass is 16.5. The average molecular weight is 297 g/mol. The number of azide groups is 1. The molecule has 0 fully saturated rings. The topological polar surface area (TPSA) is 95.3 Å². The largest absolute Gasteiger partial charge is 0.467 e. The highest BCUT2D eigenvalue weighted by Crippen LogP contribution is 2.38. The summed E-state index contributed by atoms with van der Waals surface area (Å²) in [5, 5.41) is 14.3. The lowest BCUT2D eigenvalue weighted by molar-refractivity contribution is -0.153. The second-order valence-electron chi connectivity index (χ2n) is 4.61. The van der Waals surface area contributed by atoms with Gasteiger partial charge in [0.2, 0.25) is 0 Å². The van der Waals surface area contributed by atoms with Gasteiger partial charge in [-0.05, 0) is 16.7 Å². The predicted molar refractivity (Wildman–Crippen MR) is 80.8 cm³/mol. The van der Waals surface area contributed by atoms with Gasteiger partial charge in [0.25, 0.3) is 0 Å². The van der Waals surface area contributed by atoms with Crippen LogP contribution in [0.5, 0.6) is 0 Å². The lowest BCUT2D eigenvalue weighted by Crippen LogP contribution is -2.44. The second-order valence-corrected chi connectivity index (χ2v) is 4.61. The van der Waals surface area contributed by atoms with E-state index in [0.29, 0.717) is 11.1 Å². The zero-order valence-corrected chi connectivity index (χ0v) is 12.0. The fraction of sp³-hybridized carbons (Fsp3) is 0.188. The van der Waals surface area contributed by atoms with Gasteiger partial charge in [0.05, 0.1) is 7.11 Å². The van der Waals surface area contributed by atoms with E-state index in [-0.39, 0.29) is 0 Å². The monoisotopic (exact) mass is 297 g/mol. The number of hydrogen-bond acceptors (Lipinski definition) is 4. The van der Waals surface area contributed by atoms with Gasteiger partial charge < -0.3 is 9.84 Å². The fourth-order valence-corrected chi connectivity index (χ4v) is 2.39. The maximum atomic E-state index is 11.9. The molecule has 2 aromatic rings. The van der Waals surface area contributed by atoms with Crippen LogP contribution in [0.4, 0.5) is 0 Å². The first-order chi connectivity index (χ1) is 10.7. The van der Waals surface area contributed by atoms with Crippen LogP contribution in [0, 0.1) is 0 Å². The van der Waals surface area contributed by atoms with Crippen LogP contribution in [0.25, 0.3) is 10.4 Å². The summed E-state index contributed by atoms with van der Waals surface area (Å²) in [6.07, 6.45) is -1.67. The SMILES string of the molecule is COC(=O)C(O)C(N=[N+]=[N-])(c1ccccc1)c1ccccc1. The van der Waals surface area contributed by atoms with Gasteiger partial charge in [-0.25, -0.2) is 4.79 Å². The molecule has 0 saturated carbocycles. The van der Waals surface area contributed by atoms with Crippen molar-refractivity contribution in [2.24, 2.45) is 5.11 Å². The number of nitrogens with zero attached hydrogens (tertiary/aromatic N) is 3. The average Bonchev–Trinajstić information content (AvgIpc) is 2.60. The molecule has 112 valence electrons. The van der Waals surface area contributed by atoms with Crippen molar-refractivity contribution >= 4 is 5.97 Å². The third-order valence-electron chi connectivity index (χ3n) is 3.45. The number of aliphatic hydroxyl groups excluding tert-OH is 1. The minimum atomic E-state index is -1.67. The zero-order valence-electron chi connectivity index (χ0n) is 12.0. The van der Waals surface area contributed by atoms with Crippen molar-refractivity contribution in [3.8, 4) is 0 Å². The number of esters is 1. The van der Waals surface area contributed by atoms with Gasteiger partial charge in [0.1, 0.15) is 5.54 Å². The summed E-state index contributed by atoms with van der Waals surface area (Å²) in [5.74, 6) is -0.875. The van der Waals surface area contributed by atoms with Crippen molar-refractivity contribution in [3.05, 3.63) is 82.2 Å². The summed E-state index contributed by atoms with van der Waals surface area (Å²) in [5.41, 5.74) is 8.42. The van der Waals surface area contributed by atoms with E-state index < -0.39 is 17.6 Å². The van der Waals surface area contributed by atoms with Gasteiger partial charge in [-0.3, -0.25) is 0 Å². The molecule has 0 aliphatic heterocycles. The number of aliphatic hydroxyl groups is 1. The van der Waals surface area contributed by atoms with Crippen LogP contribution in [0.1, 0.15) is 11.1 Å². The Balaban J connectivity index is 2.76. The van der Waals surface area contributed by atoms with Crippen LogP contribution in [0.2, 0.25) is 0 Å². The molecule has 0 bridgehead atoms. The Bertz CT molecular complexity index is 643. The molecule has 0 aliphatic rings. The number of carbonyl (C=O) groups excluding carboxylic acids is 1. The molecule has 2 aromatic carbocycles. The van der Waals surface area contributed by atoms with Gasteiger partial charge in [0, 0.05) is 4.91 Å². The van der Waals surface area contributed by atoms with Gasteiger partial charge >= 0.3 is 5.97 Å². The zero-order chi connectivity index (χ0) is 16.0. The quantitative estimate of drug-likeness (QED) is 0.398. The summed E-state index contributed by atoms with van der Waals surface area (Å²) in [4.78, 5) is 14.8. The Labute approximate surface area is 127 Å². The highest BCUT2D eigenvalue weighted by Gasteiger charge is 2.45. The van der Waals surface area contributed by atoms with Crippen LogP contribution < -0.4 is 0 Å². The van der Waals surface area contributed by atoms with Crippen LogP contribution in [-0.4, -0.2) is 24.3 Å². The minimum Gasteiger partial charge on any atom is -0.467 e. The van der Waals surface area contributed by atoms with Crippen molar-refractivity contribution in [1.29, 1.82) is 0 Å². The summed E-state index contributed by atoms with van der Waals surface area (Å²) in [6.45, 7) is 0.